The highest BCUT2D eigenvalue weighted by molar-refractivity contribution is 5.98. The third-order valence-electron chi connectivity index (χ3n) is 6.07. The fourth-order valence-electron chi connectivity index (χ4n) is 4.80. The molecule has 8 nitrogen and oxygen atoms in total. The Labute approximate surface area is 157 Å². The summed E-state index contributed by atoms with van der Waals surface area (Å²) >= 11 is 0. The zero-order valence-corrected chi connectivity index (χ0v) is 15.5. The third kappa shape index (κ3) is 2.92. The highest BCUT2D eigenvalue weighted by Gasteiger charge is 2.43. The van der Waals surface area contributed by atoms with Crippen LogP contribution in [0.1, 0.15) is 59.4 Å². The summed E-state index contributed by atoms with van der Waals surface area (Å²) in [5.74, 6) is -1.70. The molecule has 0 spiro atoms. The molecule has 1 aromatic rings. The number of ether oxygens (including phenoxy) is 1. The van der Waals surface area contributed by atoms with Crippen molar-refractivity contribution >= 4 is 11.9 Å². The van der Waals surface area contributed by atoms with Crippen LogP contribution in [-0.2, 0) is 6.54 Å². The maximum Gasteiger partial charge on any atom is 0.341 e. The van der Waals surface area contributed by atoms with Crippen LogP contribution in [0.5, 0.6) is 5.75 Å². The van der Waals surface area contributed by atoms with E-state index in [2.05, 4.69) is 4.90 Å². The number of fused-ring (bicyclic) bond motifs is 1. The van der Waals surface area contributed by atoms with Gasteiger partial charge in [0.2, 0.25) is 5.43 Å². The first kappa shape index (κ1) is 18.0. The molecule has 4 rings (SSSR count). The van der Waals surface area contributed by atoms with Gasteiger partial charge in [-0.15, -0.1) is 0 Å². The Balaban J connectivity index is 1.88. The lowest BCUT2D eigenvalue weighted by Gasteiger charge is -2.44. The van der Waals surface area contributed by atoms with Gasteiger partial charge in [0.15, 0.2) is 11.4 Å². The maximum atomic E-state index is 13.5. The summed E-state index contributed by atoms with van der Waals surface area (Å²) in [4.78, 5) is 41.8. The molecule has 1 amide bonds. The van der Waals surface area contributed by atoms with E-state index in [1.165, 1.54) is 13.3 Å². The minimum Gasteiger partial charge on any atom is -0.491 e. The molecule has 2 fully saturated rings. The summed E-state index contributed by atoms with van der Waals surface area (Å²) in [5, 5.41) is 9.38. The summed E-state index contributed by atoms with van der Waals surface area (Å²) in [6.45, 7) is 2.32. The number of hydrogen-bond donors (Lipinski definition) is 1. The van der Waals surface area contributed by atoms with Crippen LogP contribution < -0.4 is 10.2 Å². The topological polar surface area (TPSA) is 92.1 Å². The molecule has 0 saturated carbocycles. The van der Waals surface area contributed by atoms with Gasteiger partial charge in [-0.3, -0.25) is 14.5 Å². The van der Waals surface area contributed by atoms with Crippen molar-refractivity contribution in [3.8, 4) is 5.75 Å². The Morgan fingerprint density at radius 2 is 1.89 bits per heavy atom. The van der Waals surface area contributed by atoms with E-state index in [1.807, 2.05) is 4.90 Å². The summed E-state index contributed by atoms with van der Waals surface area (Å²) < 4.78 is 6.83. The Kier molecular flexibility index (Phi) is 4.67. The van der Waals surface area contributed by atoms with E-state index < -0.39 is 11.4 Å². The van der Waals surface area contributed by atoms with Gasteiger partial charge < -0.3 is 19.3 Å². The minimum atomic E-state index is -1.31. The molecule has 2 saturated heterocycles. The first-order valence-electron chi connectivity index (χ1n) is 9.64. The monoisotopic (exact) mass is 375 g/mol. The molecule has 3 aliphatic heterocycles. The molecule has 4 heterocycles. The number of carboxylic acid groups (broad SMARTS) is 1. The van der Waals surface area contributed by atoms with Crippen molar-refractivity contribution < 1.29 is 19.4 Å². The van der Waals surface area contributed by atoms with E-state index in [0.717, 1.165) is 51.6 Å². The number of carbonyl (C=O) groups excluding carboxylic acids is 1. The minimum absolute atomic E-state index is 0.107. The number of pyridine rings is 1. The van der Waals surface area contributed by atoms with Crippen LogP contribution in [0.3, 0.4) is 0 Å². The van der Waals surface area contributed by atoms with Crippen molar-refractivity contribution in [1.82, 2.24) is 14.4 Å². The van der Waals surface area contributed by atoms with Crippen molar-refractivity contribution in [2.75, 3.05) is 20.2 Å². The standard InChI is InChI=1S/C19H25N3O5/c1-27-17-15-18(24)22-12-6-3-2-4-8-20(9-5-7-12)14(22)11-21(15)10-13(16(17)23)19(25)26/h10,12,14H,2-9,11H2,1H3,(H,25,26). The summed E-state index contributed by atoms with van der Waals surface area (Å²) in [7, 11) is 1.31. The third-order valence-corrected chi connectivity index (χ3v) is 6.07. The maximum absolute atomic E-state index is 13.5. The normalized spacial score (nSPS) is 27.7. The molecule has 0 radical (unpaired) electrons. The molecule has 3 aliphatic rings. The van der Waals surface area contributed by atoms with E-state index in [0.29, 0.717) is 6.54 Å². The number of rotatable bonds is 2. The van der Waals surface area contributed by atoms with Crippen molar-refractivity contribution in [3.63, 3.8) is 0 Å². The van der Waals surface area contributed by atoms with E-state index >= 15 is 0 Å². The number of hydrogen-bond acceptors (Lipinski definition) is 5. The Bertz CT molecular complexity index is 833. The smallest absolute Gasteiger partial charge is 0.341 e. The van der Waals surface area contributed by atoms with Crippen molar-refractivity contribution in [2.45, 2.75) is 57.3 Å². The second kappa shape index (κ2) is 6.99. The van der Waals surface area contributed by atoms with Gasteiger partial charge in [-0.05, 0) is 25.7 Å². The van der Waals surface area contributed by atoms with Crippen LogP contribution in [0.4, 0.5) is 0 Å². The average molecular weight is 375 g/mol. The Hall–Kier alpha value is -2.35. The summed E-state index contributed by atoms with van der Waals surface area (Å²) in [6, 6.07) is 0.151. The molecule has 0 aromatic carbocycles. The fraction of sp³-hybridized carbons (Fsp3) is 0.632. The molecule has 2 bridgehead atoms. The lowest BCUT2D eigenvalue weighted by atomic mass is 10.0. The Morgan fingerprint density at radius 3 is 2.63 bits per heavy atom. The van der Waals surface area contributed by atoms with Gasteiger partial charge in [0.25, 0.3) is 5.91 Å². The highest BCUT2D eigenvalue weighted by Crippen LogP contribution is 2.33. The molecule has 1 N–H and O–H groups in total. The highest BCUT2D eigenvalue weighted by atomic mass is 16.5. The lowest BCUT2D eigenvalue weighted by molar-refractivity contribution is 0.00680. The van der Waals surface area contributed by atoms with Crippen LogP contribution in [0.15, 0.2) is 11.0 Å². The molecular weight excluding hydrogens is 350 g/mol. The van der Waals surface area contributed by atoms with E-state index in [9.17, 15) is 19.5 Å². The van der Waals surface area contributed by atoms with Gasteiger partial charge in [0.1, 0.15) is 11.7 Å². The second-order valence-corrected chi connectivity index (χ2v) is 7.59. The van der Waals surface area contributed by atoms with Gasteiger partial charge in [0, 0.05) is 25.3 Å². The number of amides is 1. The van der Waals surface area contributed by atoms with Crippen LogP contribution in [-0.4, -0.2) is 63.8 Å². The second-order valence-electron chi connectivity index (χ2n) is 7.59. The number of nitrogens with zero attached hydrogens (tertiary/aromatic N) is 3. The zero-order chi connectivity index (χ0) is 19.1. The van der Waals surface area contributed by atoms with Crippen LogP contribution in [0, 0.1) is 0 Å². The van der Waals surface area contributed by atoms with Gasteiger partial charge in [-0.25, -0.2) is 4.79 Å². The predicted molar refractivity (Wildman–Crippen MR) is 97.2 cm³/mol. The predicted octanol–water partition coefficient (Wildman–Crippen LogP) is 1.38. The number of aromatic nitrogens is 1. The van der Waals surface area contributed by atoms with Crippen LogP contribution in [0.25, 0.3) is 0 Å². The van der Waals surface area contributed by atoms with E-state index in [4.69, 9.17) is 4.74 Å². The van der Waals surface area contributed by atoms with E-state index in [1.54, 1.807) is 4.57 Å². The van der Waals surface area contributed by atoms with Gasteiger partial charge in [0.05, 0.1) is 13.7 Å². The summed E-state index contributed by atoms with van der Waals surface area (Å²) in [6.07, 6.45) is 7.51. The van der Waals surface area contributed by atoms with Crippen molar-refractivity contribution in [3.05, 3.63) is 27.7 Å². The van der Waals surface area contributed by atoms with Crippen molar-refractivity contribution in [1.29, 1.82) is 0 Å². The van der Waals surface area contributed by atoms with Gasteiger partial charge in [-0.2, -0.15) is 0 Å². The van der Waals surface area contributed by atoms with E-state index in [-0.39, 0.29) is 35.1 Å². The fourth-order valence-corrected chi connectivity index (χ4v) is 4.80. The summed E-state index contributed by atoms with van der Waals surface area (Å²) in [5.41, 5.74) is -0.927. The number of carboxylic acids is 1. The Morgan fingerprint density at radius 1 is 1.15 bits per heavy atom. The van der Waals surface area contributed by atoms with Gasteiger partial charge in [-0.1, -0.05) is 12.8 Å². The first-order valence-corrected chi connectivity index (χ1v) is 9.64. The van der Waals surface area contributed by atoms with Crippen LogP contribution in [0.2, 0.25) is 0 Å². The zero-order valence-electron chi connectivity index (χ0n) is 15.5. The van der Waals surface area contributed by atoms with Gasteiger partial charge >= 0.3 is 5.97 Å². The quantitative estimate of drug-likeness (QED) is 0.840. The number of carbonyl (C=O) groups is 2. The largest absolute Gasteiger partial charge is 0.491 e. The average Bonchev–Trinajstić information content (AvgIpc) is 2.76. The first-order chi connectivity index (χ1) is 13.0. The molecule has 1 aromatic heterocycles. The molecule has 146 valence electrons. The van der Waals surface area contributed by atoms with Crippen molar-refractivity contribution in [2.24, 2.45) is 0 Å². The molecule has 27 heavy (non-hydrogen) atoms. The number of methoxy groups -OCH3 is 1. The molecule has 3 unspecified atom stereocenters. The number of aromatic carboxylic acids is 1. The van der Waals surface area contributed by atoms with Crippen LogP contribution >= 0.6 is 0 Å². The molecular formula is C19H25N3O5. The molecule has 3 atom stereocenters. The molecule has 0 aliphatic carbocycles. The SMILES string of the molecule is COc1c2n(cc(C(=O)O)c1=O)CC1N3CCCCCC(CCC3)N1C2=O. The molecule has 8 heteroatoms. The lowest BCUT2D eigenvalue weighted by Crippen LogP contribution is -2.59.